The predicted octanol–water partition coefficient (Wildman–Crippen LogP) is 5.74. The Morgan fingerprint density at radius 2 is 1.77 bits per heavy atom. The van der Waals surface area contributed by atoms with Gasteiger partial charge in [0, 0.05) is 61.0 Å². The third-order valence-electron chi connectivity index (χ3n) is 12.7. The van der Waals surface area contributed by atoms with E-state index in [-0.39, 0.29) is 37.6 Å². The fourth-order valence-corrected chi connectivity index (χ4v) is 9.62. The number of hydrogen-bond acceptors (Lipinski definition) is 9. The van der Waals surface area contributed by atoms with Gasteiger partial charge in [0.05, 0.1) is 42.0 Å². The van der Waals surface area contributed by atoms with Gasteiger partial charge in [0.1, 0.15) is 29.2 Å². The van der Waals surface area contributed by atoms with Crippen LogP contribution in [0.1, 0.15) is 64.0 Å². The maximum absolute atomic E-state index is 15.1. The first-order chi connectivity index (χ1) is 29.2. The van der Waals surface area contributed by atoms with E-state index in [1.165, 1.54) is 10.5 Å². The van der Waals surface area contributed by atoms with Crippen LogP contribution in [-0.2, 0) is 43.4 Å². The summed E-state index contributed by atoms with van der Waals surface area (Å²) in [5.41, 5.74) is 2.23. The molecule has 13 nitrogen and oxygen atoms in total. The van der Waals surface area contributed by atoms with Gasteiger partial charge in [-0.05, 0) is 54.4 Å². The van der Waals surface area contributed by atoms with Gasteiger partial charge in [0.2, 0.25) is 17.7 Å². The molecule has 3 aromatic carbocycles. The molecule has 4 aliphatic rings. The van der Waals surface area contributed by atoms with Crippen molar-refractivity contribution in [3.8, 4) is 22.8 Å². The Hall–Kier alpha value is -5.60. The van der Waals surface area contributed by atoms with Crippen molar-refractivity contribution in [2.75, 3.05) is 20.2 Å². The van der Waals surface area contributed by atoms with E-state index in [4.69, 9.17) is 14.5 Å². The van der Waals surface area contributed by atoms with Crippen molar-refractivity contribution in [2.24, 2.45) is 17.3 Å². The zero-order chi connectivity index (χ0) is 43.2. The van der Waals surface area contributed by atoms with Crippen molar-refractivity contribution in [3.63, 3.8) is 0 Å². The molecule has 2 saturated carbocycles. The van der Waals surface area contributed by atoms with Gasteiger partial charge in [-0.15, -0.1) is 6.58 Å². The van der Waals surface area contributed by atoms with Crippen LogP contribution < -0.4 is 14.8 Å². The minimum Gasteiger partial charge on any atom is -0.755 e. The Bertz CT molecular complexity index is 2400. The first-order valence-electron chi connectivity index (χ1n) is 20.9. The number of fused-ring (bicyclic) bond motifs is 2. The molecule has 2 aliphatic carbocycles. The Labute approximate surface area is 358 Å². The highest BCUT2D eigenvalue weighted by Gasteiger charge is 2.63. The molecule has 320 valence electrons. The summed E-state index contributed by atoms with van der Waals surface area (Å²) >= 11 is -2.84. The molecule has 14 heteroatoms. The molecule has 3 fully saturated rings. The summed E-state index contributed by atoms with van der Waals surface area (Å²) < 4.78 is 37.8. The number of ether oxygens (including phenoxy) is 2. The van der Waals surface area contributed by atoms with Gasteiger partial charge < -0.3 is 29.1 Å². The average molecular weight is 847 g/mol. The summed E-state index contributed by atoms with van der Waals surface area (Å²) in [7, 11) is 1.58. The third-order valence-corrected chi connectivity index (χ3v) is 13.4. The van der Waals surface area contributed by atoms with Crippen LogP contribution in [0.2, 0.25) is 0 Å². The van der Waals surface area contributed by atoms with E-state index < -0.39 is 64.1 Å². The molecule has 4 aromatic rings. The third kappa shape index (κ3) is 8.52. The number of likely N-dealkylation sites (tertiary alicyclic amines) is 1. The number of nitrogens with one attached hydrogen (secondary N) is 1. The average Bonchev–Trinajstić information content (AvgIpc) is 4.18. The van der Waals surface area contributed by atoms with E-state index in [1.807, 2.05) is 93.6 Å². The fraction of sp³-hybridized carbons (Fsp3) is 0.426. The number of rotatable bonds is 13. The number of carbonyl (C=O) groups is 4. The van der Waals surface area contributed by atoms with Crippen LogP contribution in [0, 0.1) is 17.3 Å². The van der Waals surface area contributed by atoms with Crippen molar-refractivity contribution in [1.29, 1.82) is 0 Å². The molecule has 0 bridgehead atoms. The van der Waals surface area contributed by atoms with Gasteiger partial charge in [-0.2, -0.15) is 0 Å². The van der Waals surface area contributed by atoms with Crippen LogP contribution in [0.3, 0.4) is 0 Å². The largest absolute Gasteiger partial charge is 0.755 e. The van der Waals surface area contributed by atoms with Crippen LogP contribution in [0.5, 0.6) is 11.5 Å². The quantitative estimate of drug-likeness (QED) is 0.131. The van der Waals surface area contributed by atoms with E-state index in [9.17, 15) is 23.1 Å². The molecular weight excluding hydrogens is 795 g/mol. The number of carbonyl (C=O) groups excluding carboxylic acids is 4. The second-order valence-corrected chi connectivity index (χ2v) is 18.6. The lowest BCUT2D eigenvalue weighted by Gasteiger charge is -2.37. The normalized spacial score (nSPS) is 23.1. The monoisotopic (exact) mass is 846 g/mol. The molecule has 1 aromatic heterocycles. The van der Waals surface area contributed by atoms with Crippen LogP contribution >= 0.6 is 0 Å². The smallest absolute Gasteiger partial charge is 0.260 e. The lowest BCUT2D eigenvalue weighted by atomic mass is 9.77. The first kappa shape index (κ1) is 42.1. The van der Waals surface area contributed by atoms with Crippen LogP contribution in [0.15, 0.2) is 91.5 Å². The maximum Gasteiger partial charge on any atom is 0.260 e. The molecule has 3 heterocycles. The maximum atomic E-state index is 15.1. The Kier molecular flexibility index (Phi) is 11.5. The molecule has 61 heavy (non-hydrogen) atoms. The number of aromatic nitrogens is 1. The SMILES string of the molecule is C=CC1CC1(NC(=O)[C@@H]1C[C@@H](Oc2cc(-c3ccccc3)nc3cc(OC)ccc23)CN1C(=O)[C@@H](CC(=O)N1CCc2ccccc2C1)C(C)(C)C)C(=O)N(C1CC1)S(=O)[O-]. The van der Waals surface area contributed by atoms with E-state index in [0.29, 0.717) is 54.0 Å². The second-order valence-electron chi connectivity index (χ2n) is 17.8. The molecule has 4 amide bonds. The second kappa shape index (κ2) is 16.7. The molecule has 6 atom stereocenters. The molecular formula is C47H52N5O8S-. The van der Waals surface area contributed by atoms with Gasteiger partial charge >= 0.3 is 0 Å². The van der Waals surface area contributed by atoms with Crippen LogP contribution in [-0.4, -0.2) is 95.4 Å². The molecule has 0 spiro atoms. The highest BCUT2D eigenvalue weighted by molar-refractivity contribution is 7.77. The van der Waals surface area contributed by atoms with Crippen LogP contribution in [0.25, 0.3) is 22.2 Å². The minimum atomic E-state index is -2.84. The zero-order valence-electron chi connectivity index (χ0n) is 35.0. The zero-order valence-corrected chi connectivity index (χ0v) is 35.8. The Morgan fingerprint density at radius 3 is 2.43 bits per heavy atom. The van der Waals surface area contributed by atoms with Crippen LogP contribution in [0.4, 0.5) is 0 Å². The number of methoxy groups -OCH3 is 1. The predicted molar refractivity (Wildman–Crippen MR) is 229 cm³/mol. The summed E-state index contributed by atoms with van der Waals surface area (Å²) in [4.78, 5) is 66.1. The standard InChI is InChI=1S/C47H53N5O8S/c1-6-32-26-47(32,45(56)52(61(57)58)33-16-17-33)49-43(54)40-23-35(60-41-25-38(30-13-8-7-9-14-30)48-39-22-34(59-5)18-19-36(39)41)28-51(40)44(55)37(46(2,3)4)24-42(53)50-21-20-29-12-10-11-15-31(29)27-50/h6-15,18-19,22,25,32-33,35,37,40H,1,16-17,20-21,23-24,26-28H2,2-5H3,(H,49,54)(H,57,58)/p-1/t32?,35-,37-,40+,47?/m1/s1. The molecule has 3 unspecified atom stereocenters. The van der Waals surface area contributed by atoms with Crippen molar-refractivity contribution in [2.45, 2.75) is 89.6 Å². The number of benzene rings is 3. The van der Waals surface area contributed by atoms with Crippen molar-refractivity contribution < 1.29 is 37.4 Å². The van der Waals surface area contributed by atoms with Crippen molar-refractivity contribution in [3.05, 3.63) is 103 Å². The van der Waals surface area contributed by atoms with Crippen molar-refractivity contribution in [1.82, 2.24) is 24.4 Å². The van der Waals surface area contributed by atoms with Gasteiger partial charge in [0.15, 0.2) is 0 Å². The fourth-order valence-electron chi connectivity index (χ4n) is 8.87. The summed E-state index contributed by atoms with van der Waals surface area (Å²) in [6.07, 6.45) is 2.85. The highest BCUT2D eigenvalue weighted by Crippen LogP contribution is 2.48. The summed E-state index contributed by atoms with van der Waals surface area (Å²) in [5.74, 6) is -2.04. The van der Waals surface area contributed by atoms with Gasteiger partial charge in [-0.25, -0.2) is 4.98 Å². The van der Waals surface area contributed by atoms with E-state index in [1.54, 1.807) is 18.1 Å². The first-order valence-corrected chi connectivity index (χ1v) is 22.0. The minimum absolute atomic E-state index is 0.0139. The molecule has 8 rings (SSSR count). The number of nitrogens with zero attached hydrogens (tertiary/aromatic N) is 4. The van der Waals surface area contributed by atoms with E-state index in [0.717, 1.165) is 21.9 Å². The Balaban J connectivity index is 1.12. The number of pyridine rings is 1. The Morgan fingerprint density at radius 1 is 1.05 bits per heavy atom. The topological polar surface area (TPSA) is 162 Å². The van der Waals surface area contributed by atoms with Gasteiger partial charge in [-0.3, -0.25) is 27.7 Å². The number of hydrogen-bond donors (Lipinski definition) is 1. The lowest BCUT2D eigenvalue weighted by Crippen LogP contribution is -2.57. The highest BCUT2D eigenvalue weighted by atomic mass is 32.2. The molecule has 2 aliphatic heterocycles. The van der Waals surface area contributed by atoms with Gasteiger partial charge in [-0.1, -0.05) is 81.4 Å². The summed E-state index contributed by atoms with van der Waals surface area (Å²) in [6.45, 7) is 10.6. The van der Waals surface area contributed by atoms with Crippen molar-refractivity contribution >= 4 is 45.8 Å². The van der Waals surface area contributed by atoms with Gasteiger partial charge in [0.25, 0.3) is 5.91 Å². The lowest BCUT2D eigenvalue weighted by molar-refractivity contribution is -0.149. The number of amides is 4. The molecule has 1 saturated heterocycles. The molecule has 1 N–H and O–H groups in total. The summed E-state index contributed by atoms with van der Waals surface area (Å²) in [6, 6.07) is 23.5. The molecule has 0 radical (unpaired) electrons. The summed E-state index contributed by atoms with van der Waals surface area (Å²) in [5, 5.41) is 3.63. The van der Waals surface area contributed by atoms with E-state index in [2.05, 4.69) is 18.0 Å². The van der Waals surface area contributed by atoms with E-state index >= 15 is 4.79 Å².